The van der Waals surface area contributed by atoms with Gasteiger partial charge in [0, 0.05) is 13.7 Å². The lowest BCUT2D eigenvalue weighted by Gasteiger charge is -2.04. The van der Waals surface area contributed by atoms with Crippen LogP contribution in [0.25, 0.3) is 0 Å². The molecule has 1 atom stereocenters. The van der Waals surface area contributed by atoms with Crippen LogP contribution in [-0.2, 0) is 20.7 Å². The minimum absolute atomic E-state index is 0.0543. The molecule has 0 radical (unpaired) electrons. The van der Waals surface area contributed by atoms with Crippen molar-refractivity contribution in [2.75, 3.05) is 20.3 Å². The van der Waals surface area contributed by atoms with Crippen LogP contribution in [0.1, 0.15) is 31.7 Å². The molecule has 0 aliphatic carbocycles. The number of ether oxygens (including phenoxy) is 2. The van der Waals surface area contributed by atoms with Crippen molar-refractivity contribution in [2.45, 2.75) is 26.4 Å². The predicted molar refractivity (Wildman–Crippen MR) is 54.9 cm³/mol. The Morgan fingerprint density at radius 1 is 1.56 bits per heavy atom. The maximum absolute atomic E-state index is 11.2. The normalized spacial score (nSPS) is 12.7. The van der Waals surface area contributed by atoms with Crippen LogP contribution >= 0.6 is 0 Å². The average molecular weight is 228 g/mol. The van der Waals surface area contributed by atoms with Gasteiger partial charge in [0.2, 0.25) is 5.89 Å². The van der Waals surface area contributed by atoms with Gasteiger partial charge >= 0.3 is 0 Å². The average Bonchev–Trinajstić information content (AvgIpc) is 2.67. The molecule has 1 aromatic heterocycles. The number of aromatic nitrogens is 2. The molecule has 0 saturated heterocycles. The molecule has 1 heterocycles. The highest BCUT2D eigenvalue weighted by atomic mass is 16.5. The molecule has 1 rings (SSSR count). The Morgan fingerprint density at radius 3 is 2.94 bits per heavy atom. The third-order valence-electron chi connectivity index (χ3n) is 1.92. The van der Waals surface area contributed by atoms with E-state index in [0.717, 1.165) is 0 Å². The molecule has 0 N–H and O–H groups in total. The molecule has 0 bridgehead atoms. The molecule has 0 spiro atoms. The van der Waals surface area contributed by atoms with Gasteiger partial charge in [-0.2, -0.15) is 4.98 Å². The van der Waals surface area contributed by atoms with Crippen molar-refractivity contribution in [3.05, 3.63) is 11.7 Å². The van der Waals surface area contributed by atoms with E-state index in [0.29, 0.717) is 18.3 Å². The highest BCUT2D eigenvalue weighted by Gasteiger charge is 2.15. The zero-order valence-electron chi connectivity index (χ0n) is 9.73. The summed E-state index contributed by atoms with van der Waals surface area (Å²) < 4.78 is 14.9. The molecule has 0 saturated carbocycles. The molecule has 0 aliphatic rings. The fourth-order valence-corrected chi connectivity index (χ4v) is 1.21. The molecule has 0 aliphatic heterocycles. The molecule has 6 heteroatoms. The number of hydrogen-bond acceptors (Lipinski definition) is 6. The number of hydrogen-bond donors (Lipinski definition) is 0. The molecular formula is C10H16N2O4. The highest BCUT2D eigenvalue weighted by molar-refractivity contribution is 5.81. The molecule has 1 aromatic rings. The van der Waals surface area contributed by atoms with Crippen LogP contribution in [-0.4, -0.2) is 36.2 Å². The lowest BCUT2D eigenvalue weighted by Crippen LogP contribution is -2.10. The number of rotatable bonds is 7. The molecule has 0 fully saturated rings. The quantitative estimate of drug-likeness (QED) is 0.691. The molecule has 1 unspecified atom stereocenters. The number of methoxy groups -OCH3 is 1. The summed E-state index contributed by atoms with van der Waals surface area (Å²) in [6.07, 6.45) is -0.125. The minimum Gasteiger partial charge on any atom is -0.377 e. The van der Waals surface area contributed by atoms with Gasteiger partial charge in [0.25, 0.3) is 0 Å². The van der Waals surface area contributed by atoms with E-state index in [4.69, 9.17) is 14.0 Å². The summed E-state index contributed by atoms with van der Waals surface area (Å²) in [4.78, 5) is 15.3. The number of carbonyl (C=O) groups is 1. The highest BCUT2D eigenvalue weighted by Crippen LogP contribution is 2.12. The smallest absolute Gasteiger partial charge is 0.234 e. The molecule has 16 heavy (non-hydrogen) atoms. The van der Waals surface area contributed by atoms with Gasteiger partial charge in [-0.25, -0.2) is 0 Å². The van der Waals surface area contributed by atoms with Crippen LogP contribution in [0.3, 0.4) is 0 Å². The molecule has 90 valence electrons. The van der Waals surface area contributed by atoms with Crippen LogP contribution in [0.15, 0.2) is 4.52 Å². The van der Waals surface area contributed by atoms with E-state index in [1.807, 2.05) is 13.8 Å². The summed E-state index contributed by atoms with van der Waals surface area (Å²) in [6, 6.07) is 0. The van der Waals surface area contributed by atoms with E-state index in [2.05, 4.69) is 10.1 Å². The van der Waals surface area contributed by atoms with Gasteiger partial charge in [-0.15, -0.1) is 0 Å². The topological polar surface area (TPSA) is 74.5 Å². The lowest BCUT2D eigenvalue weighted by atomic mass is 10.3. The van der Waals surface area contributed by atoms with Gasteiger partial charge in [0.1, 0.15) is 12.7 Å². The second-order valence-corrected chi connectivity index (χ2v) is 3.29. The summed E-state index contributed by atoms with van der Waals surface area (Å²) in [5.41, 5.74) is 0. The fraction of sp³-hybridized carbons (Fsp3) is 0.700. The number of carbonyl (C=O) groups excluding carboxylic acids is 1. The van der Waals surface area contributed by atoms with Crippen LogP contribution in [0.5, 0.6) is 0 Å². The Balaban J connectivity index is 2.54. The van der Waals surface area contributed by atoms with E-state index in [1.54, 1.807) is 0 Å². The van der Waals surface area contributed by atoms with Crippen molar-refractivity contribution in [3.63, 3.8) is 0 Å². The maximum Gasteiger partial charge on any atom is 0.234 e. The van der Waals surface area contributed by atoms with Gasteiger partial charge in [0.15, 0.2) is 11.6 Å². The van der Waals surface area contributed by atoms with Gasteiger partial charge in [0.05, 0.1) is 6.42 Å². The summed E-state index contributed by atoms with van der Waals surface area (Å²) in [7, 11) is 1.47. The van der Waals surface area contributed by atoms with Crippen molar-refractivity contribution in [2.24, 2.45) is 0 Å². The molecule has 0 amide bonds. The SMILES string of the molecule is CCOC(C)c1noc(CC(=O)COC)n1. The second-order valence-electron chi connectivity index (χ2n) is 3.29. The fourth-order valence-electron chi connectivity index (χ4n) is 1.21. The van der Waals surface area contributed by atoms with Crippen LogP contribution in [0, 0.1) is 0 Å². The first-order valence-corrected chi connectivity index (χ1v) is 5.12. The third-order valence-corrected chi connectivity index (χ3v) is 1.92. The van der Waals surface area contributed by atoms with Gasteiger partial charge in [-0.3, -0.25) is 4.79 Å². The first-order chi connectivity index (χ1) is 7.67. The zero-order chi connectivity index (χ0) is 12.0. The standard InChI is InChI=1S/C10H16N2O4/c1-4-15-7(2)10-11-9(16-12-10)5-8(13)6-14-3/h7H,4-6H2,1-3H3. The van der Waals surface area contributed by atoms with E-state index in [-0.39, 0.29) is 24.9 Å². The summed E-state index contributed by atoms with van der Waals surface area (Å²) in [5.74, 6) is 0.660. The number of ketones is 1. The second kappa shape index (κ2) is 6.34. The Morgan fingerprint density at radius 2 is 2.31 bits per heavy atom. The lowest BCUT2D eigenvalue weighted by molar-refractivity contribution is -0.122. The van der Waals surface area contributed by atoms with Crippen LogP contribution < -0.4 is 0 Å². The molecule has 0 aromatic carbocycles. The maximum atomic E-state index is 11.2. The summed E-state index contributed by atoms with van der Waals surface area (Å²) in [5, 5.41) is 3.74. The molecular weight excluding hydrogens is 212 g/mol. The van der Waals surface area contributed by atoms with Gasteiger partial charge in [-0.05, 0) is 13.8 Å². The summed E-state index contributed by atoms with van der Waals surface area (Å²) in [6.45, 7) is 4.35. The van der Waals surface area contributed by atoms with Crippen LogP contribution in [0.2, 0.25) is 0 Å². The van der Waals surface area contributed by atoms with E-state index >= 15 is 0 Å². The minimum atomic E-state index is -0.222. The van der Waals surface area contributed by atoms with Gasteiger partial charge < -0.3 is 14.0 Å². The first-order valence-electron chi connectivity index (χ1n) is 5.12. The van der Waals surface area contributed by atoms with Crippen molar-refractivity contribution in [3.8, 4) is 0 Å². The Kier molecular flexibility index (Phi) is 5.07. The number of nitrogens with zero attached hydrogens (tertiary/aromatic N) is 2. The zero-order valence-corrected chi connectivity index (χ0v) is 9.73. The van der Waals surface area contributed by atoms with Crippen molar-refractivity contribution in [1.29, 1.82) is 0 Å². The van der Waals surface area contributed by atoms with Crippen LogP contribution in [0.4, 0.5) is 0 Å². The van der Waals surface area contributed by atoms with E-state index in [9.17, 15) is 4.79 Å². The van der Waals surface area contributed by atoms with E-state index < -0.39 is 0 Å². The Labute approximate surface area is 93.9 Å². The largest absolute Gasteiger partial charge is 0.377 e. The van der Waals surface area contributed by atoms with Crippen molar-refractivity contribution >= 4 is 5.78 Å². The van der Waals surface area contributed by atoms with Crippen molar-refractivity contribution in [1.82, 2.24) is 10.1 Å². The summed E-state index contributed by atoms with van der Waals surface area (Å²) >= 11 is 0. The van der Waals surface area contributed by atoms with E-state index in [1.165, 1.54) is 7.11 Å². The monoisotopic (exact) mass is 228 g/mol. The molecule has 6 nitrogen and oxygen atoms in total. The Bertz CT molecular complexity index is 337. The third kappa shape index (κ3) is 3.71. The first kappa shape index (κ1) is 12.8. The van der Waals surface area contributed by atoms with Crippen molar-refractivity contribution < 1.29 is 18.8 Å². The number of Topliss-reactive ketones (excluding diaryl/α,β-unsaturated/α-hetero) is 1. The predicted octanol–water partition coefficient (Wildman–Crippen LogP) is 0.925. The Hall–Kier alpha value is -1.27. The van der Waals surface area contributed by atoms with Gasteiger partial charge in [-0.1, -0.05) is 5.16 Å².